The molecule has 0 aromatic carbocycles. The van der Waals surface area contributed by atoms with Crippen molar-refractivity contribution in [2.75, 3.05) is 13.1 Å². The van der Waals surface area contributed by atoms with Crippen molar-refractivity contribution in [1.29, 1.82) is 0 Å². The van der Waals surface area contributed by atoms with E-state index in [1.165, 1.54) is 37.1 Å². The van der Waals surface area contributed by atoms with Gasteiger partial charge in [-0.1, -0.05) is 26.3 Å². The first-order valence-corrected chi connectivity index (χ1v) is 8.64. The average molecular weight is 280 g/mol. The highest BCUT2D eigenvalue weighted by molar-refractivity contribution is 7.09. The molecule has 3 unspecified atom stereocenters. The van der Waals surface area contributed by atoms with Crippen molar-refractivity contribution in [2.24, 2.45) is 0 Å². The molecule has 1 saturated heterocycles. The molecule has 0 bridgehead atoms. The van der Waals surface area contributed by atoms with Crippen molar-refractivity contribution < 1.29 is 0 Å². The Balaban J connectivity index is 1.96. The summed E-state index contributed by atoms with van der Waals surface area (Å²) in [6.45, 7) is 9.38. The Bertz CT molecular complexity index is 350. The highest BCUT2D eigenvalue weighted by atomic mass is 32.1. The van der Waals surface area contributed by atoms with E-state index in [0.29, 0.717) is 18.1 Å². The zero-order chi connectivity index (χ0) is 13.7. The predicted octanol–water partition coefficient (Wildman–Crippen LogP) is 3.53. The lowest BCUT2D eigenvalue weighted by Gasteiger charge is -2.43. The molecule has 2 nitrogen and oxygen atoms in total. The highest BCUT2D eigenvalue weighted by Gasteiger charge is 2.29. The minimum atomic E-state index is 0.657. The van der Waals surface area contributed by atoms with Gasteiger partial charge in [0.15, 0.2) is 0 Å². The van der Waals surface area contributed by atoms with Crippen LogP contribution in [0.4, 0.5) is 0 Å². The van der Waals surface area contributed by atoms with Crippen molar-refractivity contribution in [1.82, 2.24) is 10.2 Å². The Labute approximate surface area is 122 Å². The quantitative estimate of drug-likeness (QED) is 0.857. The van der Waals surface area contributed by atoms with Crippen LogP contribution in [0.15, 0.2) is 17.5 Å². The van der Waals surface area contributed by atoms with E-state index in [9.17, 15) is 0 Å². The van der Waals surface area contributed by atoms with Crippen LogP contribution < -0.4 is 5.32 Å². The fourth-order valence-electron chi connectivity index (χ4n) is 3.19. The summed E-state index contributed by atoms with van der Waals surface area (Å²) in [6.07, 6.45) is 5.04. The molecule has 0 spiro atoms. The minimum Gasteiger partial charge on any atom is -0.311 e. The zero-order valence-corrected chi connectivity index (χ0v) is 13.4. The van der Waals surface area contributed by atoms with Gasteiger partial charge in [-0.3, -0.25) is 4.90 Å². The Hall–Kier alpha value is -0.380. The first-order chi connectivity index (χ1) is 9.24. The molecule has 1 N–H and O–H groups in total. The van der Waals surface area contributed by atoms with Crippen molar-refractivity contribution in [3.8, 4) is 0 Å². The summed E-state index contributed by atoms with van der Waals surface area (Å²) in [5.74, 6) is 0. The van der Waals surface area contributed by atoms with Crippen LogP contribution >= 0.6 is 11.3 Å². The van der Waals surface area contributed by atoms with E-state index in [1.54, 1.807) is 0 Å². The van der Waals surface area contributed by atoms with E-state index >= 15 is 0 Å². The third kappa shape index (κ3) is 4.04. The Morgan fingerprint density at radius 2 is 2.32 bits per heavy atom. The van der Waals surface area contributed by atoms with Crippen LogP contribution in [-0.4, -0.2) is 36.1 Å². The number of nitrogens with zero attached hydrogens (tertiary/aromatic N) is 1. The van der Waals surface area contributed by atoms with Crippen molar-refractivity contribution in [2.45, 2.75) is 64.6 Å². The molecule has 0 amide bonds. The Morgan fingerprint density at radius 3 is 2.95 bits per heavy atom. The minimum absolute atomic E-state index is 0.657. The molecule has 1 aliphatic rings. The van der Waals surface area contributed by atoms with Crippen molar-refractivity contribution in [3.63, 3.8) is 0 Å². The van der Waals surface area contributed by atoms with E-state index < -0.39 is 0 Å². The predicted molar refractivity (Wildman–Crippen MR) is 85.0 cm³/mol. The molecular weight excluding hydrogens is 252 g/mol. The highest BCUT2D eigenvalue weighted by Crippen LogP contribution is 2.20. The molecule has 2 rings (SSSR count). The monoisotopic (exact) mass is 280 g/mol. The third-order valence-corrected chi connectivity index (χ3v) is 5.19. The molecule has 19 heavy (non-hydrogen) atoms. The molecule has 0 radical (unpaired) electrons. The van der Waals surface area contributed by atoms with Crippen LogP contribution in [-0.2, 0) is 6.42 Å². The normalized spacial score (nSPS) is 26.5. The number of thiophene rings is 1. The third-order valence-electron chi connectivity index (χ3n) is 4.29. The topological polar surface area (TPSA) is 15.3 Å². The lowest BCUT2D eigenvalue weighted by Crippen LogP contribution is -2.59. The number of hydrogen-bond acceptors (Lipinski definition) is 3. The number of nitrogens with one attached hydrogen (secondary N) is 1. The van der Waals surface area contributed by atoms with Crippen LogP contribution in [0.25, 0.3) is 0 Å². The van der Waals surface area contributed by atoms with Gasteiger partial charge < -0.3 is 5.32 Å². The molecule has 108 valence electrons. The Morgan fingerprint density at radius 1 is 1.47 bits per heavy atom. The molecule has 0 aliphatic carbocycles. The van der Waals surface area contributed by atoms with Crippen LogP contribution in [0.3, 0.4) is 0 Å². The molecule has 1 aromatic rings. The van der Waals surface area contributed by atoms with Gasteiger partial charge in [0.25, 0.3) is 0 Å². The summed E-state index contributed by atoms with van der Waals surface area (Å²) < 4.78 is 0. The van der Waals surface area contributed by atoms with E-state index in [1.807, 2.05) is 11.3 Å². The fraction of sp³-hybridized carbons (Fsp3) is 0.750. The van der Waals surface area contributed by atoms with Crippen LogP contribution in [0, 0.1) is 0 Å². The second-order valence-corrected chi connectivity index (χ2v) is 6.82. The van der Waals surface area contributed by atoms with E-state index in [4.69, 9.17) is 0 Å². The van der Waals surface area contributed by atoms with E-state index in [0.717, 1.165) is 6.54 Å². The molecule has 1 aliphatic heterocycles. The molecular formula is C16H28N2S. The molecule has 1 aromatic heterocycles. The van der Waals surface area contributed by atoms with Gasteiger partial charge in [0.05, 0.1) is 0 Å². The maximum Gasteiger partial charge on any atom is 0.0221 e. The SMILES string of the molecule is CCCC1CN(C(C)Cc2cccs2)C(CC)CN1. The van der Waals surface area contributed by atoms with Gasteiger partial charge in [0.2, 0.25) is 0 Å². The van der Waals surface area contributed by atoms with Gasteiger partial charge in [-0.25, -0.2) is 0 Å². The summed E-state index contributed by atoms with van der Waals surface area (Å²) in [6, 6.07) is 6.50. The second-order valence-electron chi connectivity index (χ2n) is 5.79. The van der Waals surface area contributed by atoms with E-state index in [-0.39, 0.29) is 0 Å². The van der Waals surface area contributed by atoms with Crippen molar-refractivity contribution in [3.05, 3.63) is 22.4 Å². The van der Waals surface area contributed by atoms with Gasteiger partial charge >= 0.3 is 0 Å². The molecule has 2 heterocycles. The average Bonchev–Trinajstić information content (AvgIpc) is 2.92. The smallest absolute Gasteiger partial charge is 0.0221 e. The summed E-state index contributed by atoms with van der Waals surface area (Å²) in [5, 5.41) is 5.92. The second kappa shape index (κ2) is 7.41. The van der Waals surface area contributed by atoms with Gasteiger partial charge in [0.1, 0.15) is 0 Å². The number of hydrogen-bond donors (Lipinski definition) is 1. The number of piperazine rings is 1. The summed E-state index contributed by atoms with van der Waals surface area (Å²) in [5.41, 5.74) is 0. The lowest BCUT2D eigenvalue weighted by molar-refractivity contribution is 0.0840. The standard InChI is InChI=1S/C16H28N2S/c1-4-7-14-12-18(15(5-2)11-17-14)13(3)10-16-8-6-9-19-16/h6,8-9,13-15,17H,4-5,7,10-12H2,1-3H3. The van der Waals surface area contributed by atoms with E-state index in [2.05, 4.69) is 48.5 Å². The van der Waals surface area contributed by atoms with Gasteiger partial charge in [-0.15, -0.1) is 11.3 Å². The van der Waals surface area contributed by atoms with Crippen LogP contribution in [0.2, 0.25) is 0 Å². The van der Waals surface area contributed by atoms with Crippen molar-refractivity contribution >= 4 is 11.3 Å². The van der Waals surface area contributed by atoms with Gasteiger partial charge in [-0.05, 0) is 37.6 Å². The van der Waals surface area contributed by atoms with Gasteiger partial charge in [0, 0.05) is 36.1 Å². The molecule has 1 fully saturated rings. The summed E-state index contributed by atoms with van der Waals surface area (Å²) in [7, 11) is 0. The molecule has 0 saturated carbocycles. The lowest BCUT2D eigenvalue weighted by atomic mass is 10.00. The first-order valence-electron chi connectivity index (χ1n) is 7.76. The summed E-state index contributed by atoms with van der Waals surface area (Å²) >= 11 is 1.89. The summed E-state index contributed by atoms with van der Waals surface area (Å²) in [4.78, 5) is 4.27. The largest absolute Gasteiger partial charge is 0.311 e. The van der Waals surface area contributed by atoms with Gasteiger partial charge in [-0.2, -0.15) is 0 Å². The zero-order valence-electron chi connectivity index (χ0n) is 12.6. The van der Waals surface area contributed by atoms with Crippen LogP contribution in [0.1, 0.15) is 44.9 Å². The maximum atomic E-state index is 3.73. The maximum absolute atomic E-state index is 3.73. The van der Waals surface area contributed by atoms with Crippen LogP contribution in [0.5, 0.6) is 0 Å². The molecule has 3 atom stereocenters. The fourth-order valence-corrected chi connectivity index (χ4v) is 4.01. The first kappa shape index (κ1) is 15.0. The number of rotatable bonds is 6. The Kier molecular flexibility index (Phi) is 5.86. The molecule has 3 heteroatoms.